The van der Waals surface area contributed by atoms with Crippen LogP contribution in [0.2, 0.25) is 0 Å². The summed E-state index contributed by atoms with van der Waals surface area (Å²) in [5.74, 6) is 0.945. The molecule has 3 aliphatic heterocycles. The van der Waals surface area contributed by atoms with E-state index in [9.17, 15) is 14.3 Å². The van der Waals surface area contributed by atoms with Gasteiger partial charge in [0.1, 0.15) is 11.4 Å². The molecule has 1 aromatic carbocycles. The third-order valence-corrected chi connectivity index (χ3v) is 6.06. The number of rotatable bonds is 2. The van der Waals surface area contributed by atoms with Crippen LogP contribution in [0.25, 0.3) is 0 Å². The Balaban J connectivity index is 1.25. The van der Waals surface area contributed by atoms with Crippen LogP contribution in [0.5, 0.6) is 5.75 Å². The highest BCUT2D eigenvalue weighted by Crippen LogP contribution is 2.41. The molecule has 1 N–H and O–H groups in total. The smallest absolute Gasteiger partial charge is 0.416 e. The second-order valence-corrected chi connectivity index (χ2v) is 7.82. The molecule has 0 unspecified atom stereocenters. The zero-order valence-electron chi connectivity index (χ0n) is 15.9. The van der Waals surface area contributed by atoms with Crippen molar-refractivity contribution in [1.29, 1.82) is 0 Å². The molecule has 1 atom stereocenters. The van der Waals surface area contributed by atoms with E-state index in [0.29, 0.717) is 11.4 Å². The maximum absolute atomic E-state index is 14.2. The molecule has 2 aromatic rings. The first-order valence-corrected chi connectivity index (χ1v) is 9.87. The minimum absolute atomic E-state index is 0.0987. The number of ether oxygens (including phenoxy) is 2. The third kappa shape index (κ3) is 3.27. The Morgan fingerprint density at radius 3 is 2.69 bits per heavy atom. The summed E-state index contributed by atoms with van der Waals surface area (Å²) in [6.45, 7) is 1.63. The predicted octanol–water partition coefficient (Wildman–Crippen LogP) is 2.86. The predicted molar refractivity (Wildman–Crippen MR) is 104 cm³/mol. The SMILES string of the molecule is O=C1O[C@@H](O)CN1c1ccc(N2CCC3(CCc4cccc(F)c4O3)CC2)nc1. The van der Waals surface area contributed by atoms with Gasteiger partial charge < -0.3 is 19.5 Å². The second kappa shape index (κ2) is 6.88. The van der Waals surface area contributed by atoms with E-state index >= 15 is 0 Å². The van der Waals surface area contributed by atoms with Gasteiger partial charge in [0, 0.05) is 25.9 Å². The van der Waals surface area contributed by atoms with Gasteiger partial charge in [-0.05, 0) is 36.6 Å². The monoisotopic (exact) mass is 399 g/mol. The first-order valence-electron chi connectivity index (χ1n) is 9.87. The van der Waals surface area contributed by atoms with Gasteiger partial charge in [0.2, 0.25) is 6.29 Å². The van der Waals surface area contributed by atoms with E-state index in [0.717, 1.165) is 50.2 Å². The maximum atomic E-state index is 14.2. The van der Waals surface area contributed by atoms with Crippen molar-refractivity contribution >= 4 is 17.6 Å². The highest BCUT2D eigenvalue weighted by atomic mass is 19.1. The Kier molecular flexibility index (Phi) is 4.31. The number of pyridine rings is 1. The number of carbonyl (C=O) groups is 1. The van der Waals surface area contributed by atoms with E-state index < -0.39 is 12.4 Å². The summed E-state index contributed by atoms with van der Waals surface area (Å²) in [5, 5.41) is 9.44. The molecule has 0 aliphatic carbocycles. The quantitative estimate of drug-likeness (QED) is 0.837. The summed E-state index contributed by atoms with van der Waals surface area (Å²) in [4.78, 5) is 19.7. The van der Waals surface area contributed by atoms with Gasteiger partial charge >= 0.3 is 6.09 Å². The van der Waals surface area contributed by atoms with Gasteiger partial charge in [0.25, 0.3) is 0 Å². The van der Waals surface area contributed by atoms with E-state index in [1.54, 1.807) is 18.3 Å². The lowest BCUT2D eigenvalue weighted by Crippen LogP contribution is -2.50. The molecule has 5 rings (SSSR count). The van der Waals surface area contributed by atoms with Crippen molar-refractivity contribution in [1.82, 2.24) is 4.98 Å². The average molecular weight is 399 g/mol. The van der Waals surface area contributed by atoms with Crippen LogP contribution >= 0.6 is 0 Å². The first kappa shape index (κ1) is 18.2. The van der Waals surface area contributed by atoms with Gasteiger partial charge in [0.05, 0.1) is 18.4 Å². The molecule has 152 valence electrons. The number of hydrogen-bond donors (Lipinski definition) is 1. The lowest BCUT2D eigenvalue weighted by molar-refractivity contribution is -0.0148. The zero-order chi connectivity index (χ0) is 20.0. The normalized spacial score (nSPS) is 23.0. The molecule has 3 aliphatic rings. The number of piperidine rings is 1. The van der Waals surface area contributed by atoms with E-state index in [4.69, 9.17) is 9.47 Å². The molecule has 0 saturated carbocycles. The molecule has 29 heavy (non-hydrogen) atoms. The van der Waals surface area contributed by atoms with Crippen LogP contribution in [-0.2, 0) is 11.2 Å². The number of nitrogens with zero attached hydrogens (tertiary/aromatic N) is 3. The largest absolute Gasteiger partial charge is 0.484 e. The van der Waals surface area contributed by atoms with Gasteiger partial charge in [-0.1, -0.05) is 12.1 Å². The molecule has 4 heterocycles. The van der Waals surface area contributed by atoms with Gasteiger partial charge in [-0.3, -0.25) is 4.90 Å². The summed E-state index contributed by atoms with van der Waals surface area (Å²) >= 11 is 0. The Morgan fingerprint density at radius 1 is 1.17 bits per heavy atom. The zero-order valence-corrected chi connectivity index (χ0v) is 15.9. The van der Waals surface area contributed by atoms with Crippen LogP contribution in [0.4, 0.5) is 20.7 Å². The summed E-state index contributed by atoms with van der Waals surface area (Å²) in [7, 11) is 0. The second-order valence-electron chi connectivity index (χ2n) is 7.82. The minimum Gasteiger partial charge on any atom is -0.484 e. The molecule has 1 amide bonds. The van der Waals surface area contributed by atoms with Gasteiger partial charge in [-0.2, -0.15) is 0 Å². The Morgan fingerprint density at radius 2 is 2.00 bits per heavy atom. The van der Waals surface area contributed by atoms with Crippen LogP contribution in [0.1, 0.15) is 24.8 Å². The molecular formula is C21H22FN3O4. The fourth-order valence-electron chi connectivity index (χ4n) is 4.37. The fraction of sp³-hybridized carbons (Fsp3) is 0.429. The summed E-state index contributed by atoms with van der Waals surface area (Å²) in [5.41, 5.74) is 1.22. The highest BCUT2D eigenvalue weighted by molar-refractivity contribution is 5.89. The number of carbonyl (C=O) groups excluding carboxylic acids is 1. The number of amides is 1. The Bertz CT molecular complexity index is 928. The fourth-order valence-corrected chi connectivity index (χ4v) is 4.37. The Hall–Kier alpha value is -2.87. The maximum Gasteiger partial charge on any atom is 0.416 e. The molecule has 1 aromatic heterocycles. The highest BCUT2D eigenvalue weighted by Gasteiger charge is 2.40. The van der Waals surface area contributed by atoms with Crippen molar-refractivity contribution < 1.29 is 23.8 Å². The molecular weight excluding hydrogens is 377 g/mol. The van der Waals surface area contributed by atoms with Crippen molar-refractivity contribution in [2.24, 2.45) is 0 Å². The lowest BCUT2D eigenvalue weighted by atomic mass is 9.83. The molecule has 2 saturated heterocycles. The van der Waals surface area contributed by atoms with Gasteiger partial charge in [-0.25, -0.2) is 14.2 Å². The lowest BCUT2D eigenvalue weighted by Gasteiger charge is -2.45. The standard InChI is InChI=1S/C21H22FN3O4/c22-16-3-1-2-14-6-7-21(29-19(14)16)8-10-24(11-9-21)17-5-4-15(12-23-17)25-13-18(26)28-20(25)27/h1-5,12,18,26H,6-11,13H2/t18-/m1/s1. The van der Waals surface area contributed by atoms with Gasteiger partial charge in [0.15, 0.2) is 11.6 Å². The Labute approximate surface area is 167 Å². The summed E-state index contributed by atoms with van der Waals surface area (Å²) < 4.78 is 25.1. The van der Waals surface area contributed by atoms with Crippen LogP contribution in [0.3, 0.4) is 0 Å². The average Bonchev–Trinajstić information content (AvgIpc) is 3.08. The number of aliphatic hydroxyl groups is 1. The summed E-state index contributed by atoms with van der Waals surface area (Å²) in [6.07, 6.45) is 3.26. The number of halogens is 1. The van der Waals surface area contributed by atoms with E-state index in [1.807, 2.05) is 12.1 Å². The van der Waals surface area contributed by atoms with Crippen LogP contribution in [0, 0.1) is 5.82 Å². The number of aliphatic hydroxyl groups excluding tert-OH is 1. The van der Waals surface area contributed by atoms with Crippen molar-refractivity contribution in [3.05, 3.63) is 47.9 Å². The van der Waals surface area contributed by atoms with Crippen molar-refractivity contribution in [3.63, 3.8) is 0 Å². The topological polar surface area (TPSA) is 75.1 Å². The number of fused-ring (bicyclic) bond motifs is 1. The van der Waals surface area contributed by atoms with Crippen LogP contribution < -0.4 is 14.5 Å². The number of anilines is 2. The molecule has 0 bridgehead atoms. The van der Waals surface area contributed by atoms with E-state index in [2.05, 4.69) is 9.88 Å². The number of aromatic nitrogens is 1. The van der Waals surface area contributed by atoms with E-state index in [-0.39, 0.29) is 18.0 Å². The number of cyclic esters (lactones) is 1. The third-order valence-electron chi connectivity index (χ3n) is 6.06. The van der Waals surface area contributed by atoms with Crippen LogP contribution in [0.15, 0.2) is 36.5 Å². The molecule has 1 spiro atoms. The molecule has 7 nitrogen and oxygen atoms in total. The number of aryl methyl sites for hydroxylation is 1. The molecule has 2 fully saturated rings. The molecule has 8 heteroatoms. The number of benzene rings is 1. The summed E-state index contributed by atoms with van der Waals surface area (Å²) in [6, 6.07) is 8.78. The van der Waals surface area contributed by atoms with E-state index in [1.165, 1.54) is 11.0 Å². The number of β-amino-alcohol motifs (C(OH)–C–C–N with tert-alkyl or cyclic N) is 1. The molecule has 0 radical (unpaired) electrons. The van der Waals surface area contributed by atoms with Crippen LogP contribution in [-0.4, -0.2) is 47.7 Å². The van der Waals surface area contributed by atoms with Crippen molar-refractivity contribution in [3.8, 4) is 5.75 Å². The minimum atomic E-state index is -1.11. The first-order chi connectivity index (χ1) is 14.0. The van der Waals surface area contributed by atoms with Gasteiger partial charge in [-0.15, -0.1) is 0 Å². The number of para-hydroxylation sites is 1. The van der Waals surface area contributed by atoms with Crippen molar-refractivity contribution in [2.45, 2.75) is 37.6 Å². The number of hydrogen-bond acceptors (Lipinski definition) is 6. The van der Waals surface area contributed by atoms with Crippen molar-refractivity contribution in [2.75, 3.05) is 29.4 Å².